The van der Waals surface area contributed by atoms with E-state index in [1.165, 1.54) is 7.05 Å². The zero-order chi connectivity index (χ0) is 6.24. The van der Waals surface area contributed by atoms with Gasteiger partial charge in [0.1, 0.15) is 0 Å². The van der Waals surface area contributed by atoms with Crippen molar-refractivity contribution in [3.63, 3.8) is 0 Å². The van der Waals surface area contributed by atoms with Gasteiger partial charge >= 0.3 is 20.4 Å². The Morgan fingerprint density at radius 3 is 1.56 bits per heavy atom. The molecule has 0 saturated carbocycles. The van der Waals surface area contributed by atoms with E-state index in [1.54, 1.807) is 0 Å². The van der Waals surface area contributed by atoms with Crippen LogP contribution in [0.3, 0.4) is 0 Å². The van der Waals surface area contributed by atoms with Crippen molar-refractivity contribution >= 4 is 0 Å². The van der Waals surface area contributed by atoms with Crippen molar-refractivity contribution < 1.29 is 20.4 Å². The van der Waals surface area contributed by atoms with E-state index >= 15 is 0 Å². The molecule has 0 atom stereocenters. The molecule has 0 bridgehead atoms. The van der Waals surface area contributed by atoms with Crippen molar-refractivity contribution in [2.24, 2.45) is 0 Å². The number of hydrogen-bond donors (Lipinski definition) is 0. The van der Waals surface area contributed by atoms with Gasteiger partial charge in [0.05, 0.1) is 0 Å². The van der Waals surface area contributed by atoms with Gasteiger partial charge in [-0.05, 0) is 0 Å². The minimum atomic E-state index is 0. The van der Waals surface area contributed by atoms with E-state index in [1.807, 2.05) is 30.3 Å². The Bertz CT molecular complexity index is 80.8. The van der Waals surface area contributed by atoms with Crippen molar-refractivity contribution in [1.82, 2.24) is 0 Å². The minimum Gasteiger partial charge on any atom is -0.680 e. The Morgan fingerprint density at radius 1 is 1.00 bits per heavy atom. The number of hydrogen-bond acceptors (Lipinski definition) is 0. The molecule has 0 aliphatic heterocycles. The summed E-state index contributed by atoms with van der Waals surface area (Å²) < 4.78 is 0. The van der Waals surface area contributed by atoms with E-state index in [2.05, 4.69) is 6.07 Å². The molecule has 9 heavy (non-hydrogen) atoms. The van der Waals surface area contributed by atoms with Gasteiger partial charge in [0.15, 0.2) is 0 Å². The van der Waals surface area contributed by atoms with Gasteiger partial charge in [0.25, 0.3) is 0 Å². The van der Waals surface area contributed by atoms with Crippen LogP contribution < -0.4 is 0 Å². The molecule has 1 N–H and O–H groups in total. The van der Waals surface area contributed by atoms with Crippen LogP contribution in [0.15, 0.2) is 30.3 Å². The smallest absolute Gasteiger partial charge is 0.680 e. The first-order chi connectivity index (χ1) is 4.00. The summed E-state index contributed by atoms with van der Waals surface area (Å²) >= 11 is 0. The summed E-state index contributed by atoms with van der Waals surface area (Å²) in [5.41, 5.74) is 5.75. The Kier molecular flexibility index (Phi) is 13.9. The average Bonchev–Trinajstić information content (AvgIpc) is 1.96. The van der Waals surface area contributed by atoms with Crippen LogP contribution in [-0.2, 0) is 20.4 Å². The molecule has 0 radical (unpaired) electrons. The summed E-state index contributed by atoms with van der Waals surface area (Å²) in [5.74, 6) is 0. The summed E-state index contributed by atoms with van der Waals surface area (Å²) in [5, 5.41) is 0. The normalized spacial score (nSPS) is 6.00. The Hall–Kier alpha value is -0.158. The van der Waals surface area contributed by atoms with Crippen molar-refractivity contribution in [1.29, 1.82) is 0 Å². The van der Waals surface area contributed by atoms with Crippen LogP contribution >= 0.6 is 0 Å². The summed E-state index contributed by atoms with van der Waals surface area (Å²) in [6, 6.07) is 12.5. The predicted octanol–water partition coefficient (Wildman–Crippen LogP) is 2.15. The molecule has 1 aromatic rings. The quantitative estimate of drug-likeness (QED) is 0.466. The molecule has 0 saturated heterocycles. The summed E-state index contributed by atoms with van der Waals surface area (Å²) in [6.45, 7) is 0. The monoisotopic (exact) mass is 213 g/mol. The molecular weight excluding hydrogens is 205 g/mol. The first-order valence-electron chi connectivity index (χ1n) is 2.41. The number of rotatable bonds is 0. The van der Waals surface area contributed by atoms with E-state index in [0.29, 0.717) is 0 Å². The molecule has 52 valence electrons. The Morgan fingerprint density at radius 2 is 1.44 bits per heavy atom. The van der Waals surface area contributed by atoms with Gasteiger partial charge in [-0.25, -0.2) is 0 Å². The zero-order valence-corrected chi connectivity index (χ0v) is 6.76. The maximum atomic E-state index is 5.75. The topological polar surface area (TPSA) is 23.8 Å². The van der Waals surface area contributed by atoms with Gasteiger partial charge in [-0.2, -0.15) is 43.4 Å². The van der Waals surface area contributed by atoms with Crippen LogP contribution in [0.25, 0.3) is 5.73 Å². The van der Waals surface area contributed by atoms with Gasteiger partial charge in [0, 0.05) is 0 Å². The third-order valence-electron chi connectivity index (χ3n) is 0.607. The van der Waals surface area contributed by atoms with Crippen LogP contribution in [0.2, 0.25) is 0 Å². The number of nitrogens with one attached hydrogen (secondary N) is 1. The Balaban J connectivity index is 0. The third kappa shape index (κ3) is 7.84. The average molecular weight is 214 g/mol. The maximum absolute atomic E-state index is 5.75. The van der Waals surface area contributed by atoms with E-state index in [-0.39, 0.29) is 20.4 Å². The maximum Gasteiger partial charge on any atom is 2.00 e. The standard InChI is InChI=1S/C6H5.CH4N.Pd/c1-2-4-6-5-3-1;1-2;/h1-5H;2H,1H3;/q2*-1;+2. The SMILES string of the molecule is C[NH-].[Pd+2].[c-]1ccccc1. The van der Waals surface area contributed by atoms with Crippen molar-refractivity contribution in [2.75, 3.05) is 7.05 Å². The van der Waals surface area contributed by atoms with E-state index in [0.717, 1.165) is 0 Å². The fourth-order valence-electron chi connectivity index (χ4n) is 0.342. The fraction of sp³-hybridized carbons (Fsp3) is 0.143. The van der Waals surface area contributed by atoms with Gasteiger partial charge < -0.3 is 5.73 Å². The molecule has 0 unspecified atom stereocenters. The fourth-order valence-corrected chi connectivity index (χ4v) is 0.342. The van der Waals surface area contributed by atoms with E-state index in [4.69, 9.17) is 5.73 Å². The summed E-state index contributed by atoms with van der Waals surface area (Å²) in [4.78, 5) is 0. The zero-order valence-electron chi connectivity index (χ0n) is 5.20. The second-order valence-electron chi connectivity index (χ2n) is 1.08. The molecule has 1 rings (SSSR count). The van der Waals surface area contributed by atoms with Crippen LogP contribution in [0.4, 0.5) is 0 Å². The molecule has 0 amide bonds. The van der Waals surface area contributed by atoms with Crippen LogP contribution in [0.1, 0.15) is 0 Å². The largest absolute Gasteiger partial charge is 2.00 e. The minimum absolute atomic E-state index is 0. The van der Waals surface area contributed by atoms with Gasteiger partial charge in [-0.15, -0.1) is 0 Å². The molecule has 1 aromatic carbocycles. The molecule has 0 aliphatic carbocycles. The van der Waals surface area contributed by atoms with Crippen LogP contribution in [0.5, 0.6) is 0 Å². The van der Waals surface area contributed by atoms with E-state index < -0.39 is 0 Å². The van der Waals surface area contributed by atoms with Crippen molar-refractivity contribution in [3.8, 4) is 0 Å². The van der Waals surface area contributed by atoms with Gasteiger partial charge in [-0.3, -0.25) is 0 Å². The summed E-state index contributed by atoms with van der Waals surface area (Å²) in [7, 11) is 1.25. The molecular formula is C7H9NPd. The van der Waals surface area contributed by atoms with Crippen molar-refractivity contribution in [3.05, 3.63) is 42.1 Å². The molecule has 0 heterocycles. The second kappa shape index (κ2) is 10.8. The van der Waals surface area contributed by atoms with Crippen LogP contribution in [-0.4, -0.2) is 7.05 Å². The molecule has 0 spiro atoms. The Labute approximate surface area is 69.9 Å². The molecule has 0 aromatic heterocycles. The molecule has 0 fully saturated rings. The van der Waals surface area contributed by atoms with Crippen LogP contribution in [0, 0.1) is 6.07 Å². The first kappa shape index (κ1) is 11.6. The first-order valence-corrected chi connectivity index (χ1v) is 2.41. The van der Waals surface area contributed by atoms with Crippen molar-refractivity contribution in [2.45, 2.75) is 0 Å². The second-order valence-corrected chi connectivity index (χ2v) is 1.08. The third-order valence-corrected chi connectivity index (χ3v) is 0.607. The predicted molar refractivity (Wildman–Crippen MR) is 35.5 cm³/mol. The number of benzene rings is 1. The molecule has 2 heteroatoms. The molecule has 1 nitrogen and oxygen atoms in total. The molecule has 0 aliphatic rings. The van der Waals surface area contributed by atoms with E-state index in [9.17, 15) is 0 Å². The van der Waals surface area contributed by atoms with Gasteiger partial charge in [0.2, 0.25) is 0 Å². The van der Waals surface area contributed by atoms with Gasteiger partial charge in [-0.1, -0.05) is 0 Å². The summed E-state index contributed by atoms with van der Waals surface area (Å²) in [6.07, 6.45) is 0.